The molecule has 20 heavy (non-hydrogen) atoms. The Bertz CT molecular complexity index is 346. The fraction of sp³-hybridized carbons (Fsp3) is 0.857. The van der Waals surface area contributed by atoms with Crippen molar-refractivity contribution in [2.24, 2.45) is 17.8 Å². The summed E-state index contributed by atoms with van der Waals surface area (Å²) in [5, 5.41) is 18.3. The molecular formula is C14H22F3NO2. The molecule has 0 aromatic heterocycles. The van der Waals surface area contributed by atoms with Gasteiger partial charge in [-0.15, -0.1) is 0 Å². The molecule has 0 amide bonds. The summed E-state index contributed by atoms with van der Waals surface area (Å²) in [5.41, 5.74) is 0. The Labute approximate surface area is 117 Å². The third kappa shape index (κ3) is 4.46. The largest absolute Gasteiger partial charge is 0.394 e. The molecule has 2 aliphatic carbocycles. The SMILES string of the molecule is OC[C@@H](O)CN(CCC(F)(F)F)CC1CC2C=CC1C2. The van der Waals surface area contributed by atoms with E-state index < -0.39 is 25.3 Å². The van der Waals surface area contributed by atoms with Gasteiger partial charge >= 0.3 is 6.18 Å². The van der Waals surface area contributed by atoms with Gasteiger partial charge in [0.1, 0.15) is 0 Å². The van der Waals surface area contributed by atoms with E-state index in [2.05, 4.69) is 12.2 Å². The lowest BCUT2D eigenvalue weighted by molar-refractivity contribution is -0.139. The molecule has 0 aromatic carbocycles. The minimum Gasteiger partial charge on any atom is -0.394 e. The standard InChI is InChI=1S/C14H22F3NO2/c15-14(16,17)3-4-18(8-13(20)9-19)7-12-6-10-1-2-11(12)5-10/h1-2,10-13,19-20H,3-9H2/t10?,11?,12?,13-/m0/s1. The molecule has 0 spiro atoms. The predicted molar refractivity (Wildman–Crippen MR) is 69.0 cm³/mol. The second-order valence-corrected chi connectivity index (χ2v) is 6.00. The van der Waals surface area contributed by atoms with Crippen LogP contribution in [0.25, 0.3) is 0 Å². The Kier molecular flexibility index (Phi) is 5.09. The van der Waals surface area contributed by atoms with Crippen molar-refractivity contribution < 1.29 is 23.4 Å². The van der Waals surface area contributed by atoms with E-state index in [1.54, 1.807) is 4.90 Å². The highest BCUT2D eigenvalue weighted by Crippen LogP contribution is 2.43. The van der Waals surface area contributed by atoms with Gasteiger partial charge in [-0.05, 0) is 30.6 Å². The topological polar surface area (TPSA) is 43.7 Å². The highest BCUT2D eigenvalue weighted by Gasteiger charge is 2.37. The number of allylic oxidation sites excluding steroid dienone is 2. The van der Waals surface area contributed by atoms with Crippen molar-refractivity contribution >= 4 is 0 Å². The van der Waals surface area contributed by atoms with Gasteiger partial charge < -0.3 is 15.1 Å². The molecule has 2 N–H and O–H groups in total. The van der Waals surface area contributed by atoms with Gasteiger partial charge in [-0.3, -0.25) is 0 Å². The van der Waals surface area contributed by atoms with Crippen LogP contribution >= 0.6 is 0 Å². The van der Waals surface area contributed by atoms with E-state index in [0.29, 0.717) is 24.3 Å². The molecule has 3 nitrogen and oxygen atoms in total. The molecular weight excluding hydrogens is 271 g/mol. The summed E-state index contributed by atoms with van der Waals surface area (Å²) < 4.78 is 37.0. The molecule has 0 aliphatic heterocycles. The Morgan fingerprint density at radius 1 is 1.25 bits per heavy atom. The minimum atomic E-state index is -4.18. The lowest BCUT2D eigenvalue weighted by Crippen LogP contribution is -2.40. The van der Waals surface area contributed by atoms with E-state index in [-0.39, 0.29) is 13.1 Å². The van der Waals surface area contributed by atoms with Gasteiger partial charge in [0.25, 0.3) is 0 Å². The number of alkyl halides is 3. The van der Waals surface area contributed by atoms with E-state index in [0.717, 1.165) is 12.8 Å². The molecule has 2 aliphatic rings. The maximum absolute atomic E-state index is 12.3. The van der Waals surface area contributed by atoms with Gasteiger partial charge in [0.15, 0.2) is 0 Å². The van der Waals surface area contributed by atoms with E-state index >= 15 is 0 Å². The van der Waals surface area contributed by atoms with Crippen molar-refractivity contribution in [1.29, 1.82) is 0 Å². The third-order valence-electron chi connectivity index (χ3n) is 4.30. The second kappa shape index (κ2) is 6.45. The summed E-state index contributed by atoms with van der Waals surface area (Å²) in [6, 6.07) is 0. The lowest BCUT2D eigenvalue weighted by Gasteiger charge is -2.30. The van der Waals surface area contributed by atoms with Crippen molar-refractivity contribution in [2.45, 2.75) is 31.5 Å². The van der Waals surface area contributed by atoms with E-state index in [4.69, 9.17) is 5.11 Å². The van der Waals surface area contributed by atoms with Crippen LogP contribution in [-0.4, -0.2) is 53.6 Å². The van der Waals surface area contributed by atoms with Crippen molar-refractivity contribution in [3.8, 4) is 0 Å². The van der Waals surface area contributed by atoms with Crippen molar-refractivity contribution in [3.63, 3.8) is 0 Å². The van der Waals surface area contributed by atoms with Crippen LogP contribution in [0.2, 0.25) is 0 Å². The molecule has 116 valence electrons. The van der Waals surface area contributed by atoms with Crippen LogP contribution in [0, 0.1) is 17.8 Å². The summed E-state index contributed by atoms with van der Waals surface area (Å²) in [4.78, 5) is 1.65. The number of halogens is 3. The molecule has 6 heteroatoms. The maximum Gasteiger partial charge on any atom is 0.390 e. The van der Waals surface area contributed by atoms with Crippen molar-refractivity contribution in [3.05, 3.63) is 12.2 Å². The number of aliphatic hydroxyl groups is 2. The Balaban J connectivity index is 1.86. The number of hydrogen-bond acceptors (Lipinski definition) is 3. The van der Waals surface area contributed by atoms with E-state index in [9.17, 15) is 18.3 Å². The molecule has 0 saturated heterocycles. The fourth-order valence-corrected chi connectivity index (χ4v) is 3.33. The van der Waals surface area contributed by atoms with Crippen LogP contribution in [0.3, 0.4) is 0 Å². The Hall–Kier alpha value is -0.590. The van der Waals surface area contributed by atoms with Gasteiger partial charge in [0.05, 0.1) is 19.1 Å². The first kappa shape index (κ1) is 15.8. The van der Waals surface area contributed by atoms with Crippen LogP contribution in [-0.2, 0) is 0 Å². The zero-order valence-electron chi connectivity index (χ0n) is 11.4. The van der Waals surface area contributed by atoms with Gasteiger partial charge in [-0.25, -0.2) is 0 Å². The Morgan fingerprint density at radius 3 is 2.50 bits per heavy atom. The van der Waals surface area contributed by atoms with Crippen LogP contribution in [0.1, 0.15) is 19.3 Å². The zero-order chi connectivity index (χ0) is 14.8. The van der Waals surface area contributed by atoms with Crippen molar-refractivity contribution in [2.75, 3.05) is 26.2 Å². The molecule has 1 fully saturated rings. The number of rotatable bonds is 7. The number of aliphatic hydroxyl groups excluding tert-OH is 2. The summed E-state index contributed by atoms with van der Waals surface area (Å²) in [6.45, 7) is 0.139. The quantitative estimate of drug-likeness (QED) is 0.704. The lowest BCUT2D eigenvalue weighted by atomic mass is 9.93. The molecule has 1 saturated carbocycles. The number of nitrogens with zero attached hydrogens (tertiary/aromatic N) is 1. The average molecular weight is 293 g/mol. The smallest absolute Gasteiger partial charge is 0.390 e. The first-order chi connectivity index (χ1) is 9.37. The van der Waals surface area contributed by atoms with Gasteiger partial charge in [0, 0.05) is 19.6 Å². The van der Waals surface area contributed by atoms with Crippen LogP contribution in [0.5, 0.6) is 0 Å². The summed E-state index contributed by atoms with van der Waals surface area (Å²) in [7, 11) is 0. The molecule has 3 unspecified atom stereocenters. The molecule has 2 rings (SSSR count). The normalized spacial score (nSPS) is 30.4. The number of hydrogen-bond donors (Lipinski definition) is 2. The van der Waals surface area contributed by atoms with Gasteiger partial charge in [-0.2, -0.15) is 13.2 Å². The molecule has 4 atom stereocenters. The maximum atomic E-state index is 12.3. The first-order valence-corrected chi connectivity index (χ1v) is 7.13. The highest BCUT2D eigenvalue weighted by molar-refractivity contribution is 5.10. The number of fused-ring (bicyclic) bond motifs is 2. The average Bonchev–Trinajstić information content (AvgIpc) is 2.97. The van der Waals surface area contributed by atoms with Crippen LogP contribution in [0.15, 0.2) is 12.2 Å². The van der Waals surface area contributed by atoms with Crippen molar-refractivity contribution in [1.82, 2.24) is 4.90 Å². The van der Waals surface area contributed by atoms with E-state index in [1.165, 1.54) is 0 Å². The fourth-order valence-electron chi connectivity index (χ4n) is 3.33. The summed E-state index contributed by atoms with van der Waals surface area (Å²) in [5.74, 6) is 1.43. The van der Waals surface area contributed by atoms with Crippen LogP contribution < -0.4 is 0 Å². The van der Waals surface area contributed by atoms with Gasteiger partial charge in [0.2, 0.25) is 0 Å². The second-order valence-electron chi connectivity index (χ2n) is 6.00. The van der Waals surface area contributed by atoms with Crippen LogP contribution in [0.4, 0.5) is 13.2 Å². The molecule has 0 radical (unpaired) electrons. The minimum absolute atomic E-state index is 0.101. The highest BCUT2D eigenvalue weighted by atomic mass is 19.4. The summed E-state index contributed by atoms with van der Waals surface area (Å²) >= 11 is 0. The third-order valence-corrected chi connectivity index (χ3v) is 4.30. The monoisotopic (exact) mass is 293 g/mol. The molecule has 0 heterocycles. The Morgan fingerprint density at radius 2 is 2.00 bits per heavy atom. The first-order valence-electron chi connectivity index (χ1n) is 7.13. The van der Waals surface area contributed by atoms with E-state index in [1.807, 2.05) is 0 Å². The summed E-state index contributed by atoms with van der Waals surface area (Å²) in [6.07, 6.45) is 0.475. The zero-order valence-corrected chi connectivity index (χ0v) is 11.4. The van der Waals surface area contributed by atoms with Gasteiger partial charge in [-0.1, -0.05) is 12.2 Å². The molecule has 0 aromatic rings. The molecule has 2 bridgehead atoms. The predicted octanol–water partition coefficient (Wildman–Crippen LogP) is 1.81.